The van der Waals surface area contributed by atoms with Gasteiger partial charge in [0.05, 0.1) is 5.69 Å². The molecule has 1 rings (SSSR count). The van der Waals surface area contributed by atoms with Crippen molar-refractivity contribution in [2.45, 2.75) is 33.4 Å². The highest BCUT2D eigenvalue weighted by Crippen LogP contribution is 2.12. The van der Waals surface area contributed by atoms with Crippen molar-refractivity contribution in [3.8, 4) is 0 Å². The van der Waals surface area contributed by atoms with Crippen LogP contribution in [-0.2, 0) is 13.1 Å². The first-order chi connectivity index (χ1) is 8.30. The van der Waals surface area contributed by atoms with Gasteiger partial charge in [-0.3, -0.25) is 4.90 Å². The zero-order valence-corrected chi connectivity index (χ0v) is 11.7. The molecule has 0 aromatic carbocycles. The minimum atomic E-state index is 0.885. The van der Waals surface area contributed by atoms with Crippen LogP contribution in [0.3, 0.4) is 0 Å². The maximum Gasteiger partial charge on any atom is 0.107 e. The van der Waals surface area contributed by atoms with E-state index >= 15 is 0 Å². The molecule has 0 spiro atoms. The van der Waals surface area contributed by atoms with E-state index in [1.807, 2.05) is 6.08 Å². The van der Waals surface area contributed by atoms with Crippen molar-refractivity contribution in [2.24, 2.45) is 0 Å². The molecule has 0 saturated heterocycles. The summed E-state index contributed by atoms with van der Waals surface area (Å²) in [6.45, 7) is 13.0. The number of nitrogens with one attached hydrogen (secondary N) is 1. The summed E-state index contributed by atoms with van der Waals surface area (Å²) in [6.07, 6.45) is 3.13. The van der Waals surface area contributed by atoms with Gasteiger partial charge in [-0.2, -0.15) is 0 Å². The molecule has 0 amide bonds. The molecule has 17 heavy (non-hydrogen) atoms. The summed E-state index contributed by atoms with van der Waals surface area (Å²) < 4.78 is 0. The van der Waals surface area contributed by atoms with Gasteiger partial charge in [-0.25, -0.2) is 4.98 Å². The van der Waals surface area contributed by atoms with Crippen molar-refractivity contribution in [3.63, 3.8) is 0 Å². The lowest BCUT2D eigenvalue weighted by Crippen LogP contribution is -2.24. The Bertz CT molecular complexity index is 322. The number of hydrogen-bond donors (Lipinski definition) is 1. The second kappa shape index (κ2) is 8.39. The van der Waals surface area contributed by atoms with E-state index in [1.165, 1.54) is 17.1 Å². The van der Waals surface area contributed by atoms with Gasteiger partial charge in [-0.15, -0.1) is 17.9 Å². The molecule has 0 aliphatic rings. The predicted octanol–water partition coefficient (Wildman–Crippen LogP) is 2.65. The normalized spacial score (nSPS) is 11.0. The summed E-state index contributed by atoms with van der Waals surface area (Å²) in [6, 6.07) is 0. The fourth-order valence-corrected chi connectivity index (χ4v) is 2.45. The third kappa shape index (κ3) is 5.44. The molecule has 0 saturated carbocycles. The monoisotopic (exact) mass is 253 g/mol. The molecule has 4 heteroatoms. The quantitative estimate of drug-likeness (QED) is 0.686. The number of aromatic nitrogens is 1. The summed E-state index contributed by atoms with van der Waals surface area (Å²) >= 11 is 1.74. The van der Waals surface area contributed by atoms with Crippen LogP contribution in [0.25, 0.3) is 0 Å². The van der Waals surface area contributed by atoms with Crippen LogP contribution in [0.5, 0.6) is 0 Å². The Morgan fingerprint density at radius 3 is 3.00 bits per heavy atom. The van der Waals surface area contributed by atoms with Gasteiger partial charge in [0.2, 0.25) is 0 Å². The van der Waals surface area contributed by atoms with Crippen molar-refractivity contribution < 1.29 is 0 Å². The van der Waals surface area contributed by atoms with Crippen LogP contribution in [0.4, 0.5) is 0 Å². The number of hydrogen-bond acceptors (Lipinski definition) is 4. The van der Waals surface area contributed by atoms with Crippen molar-refractivity contribution >= 4 is 11.3 Å². The first kappa shape index (κ1) is 14.4. The Kier molecular flexibility index (Phi) is 7.08. The smallest absolute Gasteiger partial charge is 0.107 e. The Labute approximate surface area is 109 Å². The third-order valence-electron chi connectivity index (χ3n) is 2.44. The topological polar surface area (TPSA) is 28.2 Å². The number of thiazole rings is 1. The van der Waals surface area contributed by atoms with E-state index in [0.717, 1.165) is 32.7 Å². The fraction of sp³-hybridized carbons (Fsp3) is 0.615. The molecule has 96 valence electrons. The molecule has 0 radical (unpaired) electrons. The molecule has 0 bridgehead atoms. The molecule has 1 N–H and O–H groups in total. The molecule has 0 fully saturated rings. The van der Waals surface area contributed by atoms with E-state index in [2.05, 4.69) is 41.0 Å². The van der Waals surface area contributed by atoms with Crippen LogP contribution in [0.15, 0.2) is 18.0 Å². The van der Waals surface area contributed by atoms with Gasteiger partial charge in [-0.1, -0.05) is 19.9 Å². The Morgan fingerprint density at radius 1 is 1.53 bits per heavy atom. The van der Waals surface area contributed by atoms with Gasteiger partial charge in [-0.05, 0) is 19.5 Å². The standard InChI is InChI=1S/C13H23N3S/c1-4-7-16(8-5-2)10-12-11-17-13(15-12)9-14-6-3/h4,11,14H,1,5-10H2,2-3H3. The maximum atomic E-state index is 4.63. The van der Waals surface area contributed by atoms with Crippen molar-refractivity contribution in [3.05, 3.63) is 28.7 Å². The highest BCUT2D eigenvalue weighted by Gasteiger charge is 2.06. The Balaban J connectivity index is 2.47. The lowest BCUT2D eigenvalue weighted by Gasteiger charge is -2.18. The molecule has 0 atom stereocenters. The highest BCUT2D eigenvalue weighted by molar-refractivity contribution is 7.09. The number of rotatable bonds is 9. The van der Waals surface area contributed by atoms with Crippen molar-refractivity contribution in [2.75, 3.05) is 19.6 Å². The Hall–Kier alpha value is -0.710. The molecular formula is C13H23N3S. The molecule has 3 nitrogen and oxygen atoms in total. The van der Waals surface area contributed by atoms with E-state index in [-0.39, 0.29) is 0 Å². The summed E-state index contributed by atoms with van der Waals surface area (Å²) in [5.74, 6) is 0. The maximum absolute atomic E-state index is 4.63. The largest absolute Gasteiger partial charge is 0.311 e. The van der Waals surface area contributed by atoms with Gasteiger partial charge in [0, 0.05) is 25.0 Å². The second-order valence-electron chi connectivity index (χ2n) is 4.04. The lowest BCUT2D eigenvalue weighted by atomic mass is 10.3. The van der Waals surface area contributed by atoms with Gasteiger partial charge in [0.15, 0.2) is 0 Å². The van der Waals surface area contributed by atoms with Crippen molar-refractivity contribution in [1.82, 2.24) is 15.2 Å². The SMILES string of the molecule is C=CCN(CCC)Cc1csc(CNCC)n1. The molecule has 1 heterocycles. The van der Waals surface area contributed by atoms with Gasteiger partial charge in [0.1, 0.15) is 5.01 Å². The molecular weight excluding hydrogens is 230 g/mol. The second-order valence-corrected chi connectivity index (χ2v) is 4.98. The molecule has 0 aliphatic heterocycles. The molecule has 1 aromatic heterocycles. The average molecular weight is 253 g/mol. The van der Waals surface area contributed by atoms with E-state index in [0.29, 0.717) is 0 Å². The summed E-state index contributed by atoms with van der Waals surface area (Å²) in [5.41, 5.74) is 1.18. The average Bonchev–Trinajstić information content (AvgIpc) is 2.75. The Morgan fingerprint density at radius 2 is 2.35 bits per heavy atom. The van der Waals surface area contributed by atoms with E-state index in [9.17, 15) is 0 Å². The first-order valence-corrected chi connectivity index (χ1v) is 7.15. The van der Waals surface area contributed by atoms with E-state index in [4.69, 9.17) is 0 Å². The first-order valence-electron chi connectivity index (χ1n) is 6.27. The molecule has 0 aliphatic carbocycles. The minimum absolute atomic E-state index is 0.885. The zero-order chi connectivity index (χ0) is 12.5. The van der Waals surface area contributed by atoms with Crippen LogP contribution in [-0.4, -0.2) is 29.5 Å². The predicted molar refractivity (Wildman–Crippen MR) is 75.3 cm³/mol. The van der Waals surface area contributed by atoms with E-state index < -0.39 is 0 Å². The fourth-order valence-electron chi connectivity index (χ4n) is 1.70. The van der Waals surface area contributed by atoms with Gasteiger partial charge < -0.3 is 5.32 Å². The van der Waals surface area contributed by atoms with Crippen LogP contribution < -0.4 is 5.32 Å². The third-order valence-corrected chi connectivity index (χ3v) is 3.34. The highest BCUT2D eigenvalue weighted by atomic mass is 32.1. The van der Waals surface area contributed by atoms with Crippen LogP contribution in [0, 0.1) is 0 Å². The molecule has 0 unspecified atom stereocenters. The van der Waals surface area contributed by atoms with Crippen LogP contribution >= 0.6 is 11.3 Å². The minimum Gasteiger partial charge on any atom is -0.311 e. The number of nitrogens with zero attached hydrogens (tertiary/aromatic N) is 2. The van der Waals surface area contributed by atoms with Crippen LogP contribution in [0.2, 0.25) is 0 Å². The zero-order valence-electron chi connectivity index (χ0n) is 10.9. The molecule has 1 aromatic rings. The van der Waals surface area contributed by atoms with Gasteiger partial charge >= 0.3 is 0 Å². The van der Waals surface area contributed by atoms with E-state index in [1.54, 1.807) is 11.3 Å². The van der Waals surface area contributed by atoms with Crippen molar-refractivity contribution in [1.29, 1.82) is 0 Å². The van der Waals surface area contributed by atoms with Crippen LogP contribution in [0.1, 0.15) is 31.0 Å². The summed E-state index contributed by atoms with van der Waals surface area (Å²) in [5, 5.41) is 6.64. The lowest BCUT2D eigenvalue weighted by molar-refractivity contribution is 0.292. The van der Waals surface area contributed by atoms with Gasteiger partial charge in [0.25, 0.3) is 0 Å². The summed E-state index contributed by atoms with van der Waals surface area (Å²) in [4.78, 5) is 7.01. The summed E-state index contributed by atoms with van der Waals surface area (Å²) in [7, 11) is 0.